The SMILES string of the molecule is C[C@H]1[C@H](O)CCO[C@@H]1CO. The summed E-state index contributed by atoms with van der Waals surface area (Å²) in [5, 5.41) is 18.0. The van der Waals surface area contributed by atoms with Gasteiger partial charge in [0.25, 0.3) is 0 Å². The summed E-state index contributed by atoms with van der Waals surface area (Å²) in [6, 6.07) is 0. The van der Waals surface area contributed by atoms with Crippen molar-refractivity contribution in [2.75, 3.05) is 13.2 Å². The summed E-state index contributed by atoms with van der Waals surface area (Å²) in [5.74, 6) is 0.0683. The molecule has 0 spiro atoms. The number of ether oxygens (including phenoxy) is 1. The van der Waals surface area contributed by atoms with E-state index in [1.165, 1.54) is 0 Å². The molecule has 3 heteroatoms. The highest BCUT2D eigenvalue weighted by molar-refractivity contribution is 4.77. The van der Waals surface area contributed by atoms with Gasteiger partial charge in [0, 0.05) is 12.5 Å². The molecule has 0 bridgehead atoms. The second kappa shape index (κ2) is 3.32. The molecule has 1 rings (SSSR count). The molecule has 60 valence electrons. The monoisotopic (exact) mass is 146 g/mol. The minimum atomic E-state index is -0.300. The summed E-state index contributed by atoms with van der Waals surface area (Å²) in [6.07, 6.45) is 0.229. The summed E-state index contributed by atoms with van der Waals surface area (Å²) in [7, 11) is 0. The average Bonchev–Trinajstić information content (AvgIpc) is 1.95. The second-order valence-electron chi connectivity index (χ2n) is 2.81. The lowest BCUT2D eigenvalue weighted by molar-refractivity contribution is -0.103. The maximum absolute atomic E-state index is 9.29. The molecular formula is C7H14O3. The Bertz CT molecular complexity index is 105. The normalized spacial score (nSPS) is 41.7. The summed E-state index contributed by atoms with van der Waals surface area (Å²) < 4.78 is 5.20. The standard InChI is InChI=1S/C7H14O3/c1-5-6(9)2-3-10-7(5)4-8/h5-9H,2-4H2,1H3/t5-,6+,7+/m0/s1. The lowest BCUT2D eigenvalue weighted by Crippen LogP contribution is -2.40. The molecule has 0 aliphatic carbocycles. The van der Waals surface area contributed by atoms with Crippen LogP contribution in [0.4, 0.5) is 0 Å². The van der Waals surface area contributed by atoms with Gasteiger partial charge >= 0.3 is 0 Å². The Hall–Kier alpha value is -0.120. The van der Waals surface area contributed by atoms with Crippen LogP contribution in [0.1, 0.15) is 13.3 Å². The Morgan fingerprint density at radius 3 is 2.80 bits per heavy atom. The highest BCUT2D eigenvalue weighted by atomic mass is 16.5. The van der Waals surface area contributed by atoms with Crippen molar-refractivity contribution in [2.45, 2.75) is 25.6 Å². The summed E-state index contributed by atoms with van der Waals surface area (Å²) in [5.41, 5.74) is 0. The van der Waals surface area contributed by atoms with Crippen molar-refractivity contribution in [1.82, 2.24) is 0 Å². The van der Waals surface area contributed by atoms with E-state index in [2.05, 4.69) is 0 Å². The van der Waals surface area contributed by atoms with Gasteiger partial charge in [-0.1, -0.05) is 6.92 Å². The van der Waals surface area contributed by atoms with Crippen molar-refractivity contribution < 1.29 is 14.9 Å². The summed E-state index contributed by atoms with van der Waals surface area (Å²) >= 11 is 0. The first kappa shape index (κ1) is 7.98. The smallest absolute Gasteiger partial charge is 0.0855 e. The number of hydrogen-bond donors (Lipinski definition) is 2. The number of aliphatic hydroxyl groups is 2. The van der Waals surface area contributed by atoms with Gasteiger partial charge in [-0.05, 0) is 6.42 Å². The van der Waals surface area contributed by atoms with Crippen molar-refractivity contribution in [3.63, 3.8) is 0 Å². The Balaban J connectivity index is 2.42. The second-order valence-corrected chi connectivity index (χ2v) is 2.81. The quantitative estimate of drug-likeness (QED) is 0.537. The van der Waals surface area contributed by atoms with E-state index in [-0.39, 0.29) is 24.7 Å². The predicted molar refractivity (Wildman–Crippen MR) is 36.6 cm³/mol. The zero-order valence-electron chi connectivity index (χ0n) is 6.16. The third-order valence-corrected chi connectivity index (χ3v) is 2.12. The van der Waals surface area contributed by atoms with Crippen LogP contribution in [-0.4, -0.2) is 35.6 Å². The van der Waals surface area contributed by atoms with E-state index in [4.69, 9.17) is 9.84 Å². The van der Waals surface area contributed by atoms with Crippen LogP contribution in [0.2, 0.25) is 0 Å². The van der Waals surface area contributed by atoms with Crippen LogP contribution in [0.5, 0.6) is 0 Å². The largest absolute Gasteiger partial charge is 0.394 e. The molecular weight excluding hydrogens is 132 g/mol. The van der Waals surface area contributed by atoms with Gasteiger partial charge in [-0.2, -0.15) is 0 Å². The van der Waals surface area contributed by atoms with Gasteiger partial charge in [0.05, 0.1) is 18.8 Å². The molecule has 3 atom stereocenters. The lowest BCUT2D eigenvalue weighted by Gasteiger charge is -2.31. The number of aliphatic hydroxyl groups excluding tert-OH is 2. The summed E-state index contributed by atoms with van der Waals surface area (Å²) in [6.45, 7) is 2.47. The molecule has 10 heavy (non-hydrogen) atoms. The molecule has 3 nitrogen and oxygen atoms in total. The molecule has 0 aromatic rings. The minimum absolute atomic E-state index is 0.0121. The maximum atomic E-state index is 9.29. The first-order valence-electron chi connectivity index (χ1n) is 3.66. The van der Waals surface area contributed by atoms with Crippen LogP contribution in [0.25, 0.3) is 0 Å². The van der Waals surface area contributed by atoms with Crippen molar-refractivity contribution >= 4 is 0 Å². The van der Waals surface area contributed by atoms with Gasteiger partial charge in [0.15, 0.2) is 0 Å². The van der Waals surface area contributed by atoms with Crippen LogP contribution in [0, 0.1) is 5.92 Å². The molecule has 1 aliphatic heterocycles. The lowest BCUT2D eigenvalue weighted by atomic mass is 9.94. The fraction of sp³-hybridized carbons (Fsp3) is 1.00. The van der Waals surface area contributed by atoms with Crippen molar-refractivity contribution in [3.05, 3.63) is 0 Å². The third kappa shape index (κ3) is 1.48. The Labute approximate surface area is 60.6 Å². The zero-order valence-corrected chi connectivity index (χ0v) is 6.16. The van der Waals surface area contributed by atoms with Crippen LogP contribution in [-0.2, 0) is 4.74 Å². The molecule has 0 aromatic heterocycles. The predicted octanol–water partition coefficient (Wildman–Crippen LogP) is -0.235. The van der Waals surface area contributed by atoms with Gasteiger partial charge in [-0.3, -0.25) is 0 Å². The van der Waals surface area contributed by atoms with E-state index in [1.807, 2.05) is 6.92 Å². The van der Waals surface area contributed by atoms with Gasteiger partial charge in [-0.25, -0.2) is 0 Å². The fourth-order valence-electron chi connectivity index (χ4n) is 1.22. The molecule has 0 saturated carbocycles. The molecule has 0 unspecified atom stereocenters. The van der Waals surface area contributed by atoms with Gasteiger partial charge < -0.3 is 14.9 Å². The molecule has 0 amide bonds. The molecule has 0 radical (unpaired) electrons. The zero-order chi connectivity index (χ0) is 7.56. The van der Waals surface area contributed by atoms with Crippen molar-refractivity contribution in [1.29, 1.82) is 0 Å². The minimum Gasteiger partial charge on any atom is -0.394 e. The van der Waals surface area contributed by atoms with Gasteiger partial charge in [0.2, 0.25) is 0 Å². The molecule has 1 aliphatic rings. The van der Waals surface area contributed by atoms with Crippen LogP contribution >= 0.6 is 0 Å². The number of hydrogen-bond acceptors (Lipinski definition) is 3. The van der Waals surface area contributed by atoms with Gasteiger partial charge in [-0.15, -0.1) is 0 Å². The topological polar surface area (TPSA) is 49.7 Å². The van der Waals surface area contributed by atoms with E-state index < -0.39 is 0 Å². The van der Waals surface area contributed by atoms with E-state index in [9.17, 15) is 5.11 Å². The third-order valence-electron chi connectivity index (χ3n) is 2.12. The highest BCUT2D eigenvalue weighted by Gasteiger charge is 2.28. The van der Waals surface area contributed by atoms with Crippen LogP contribution in [0.15, 0.2) is 0 Å². The Morgan fingerprint density at radius 1 is 1.60 bits per heavy atom. The van der Waals surface area contributed by atoms with Crippen LogP contribution < -0.4 is 0 Å². The highest BCUT2D eigenvalue weighted by Crippen LogP contribution is 2.19. The fourth-order valence-corrected chi connectivity index (χ4v) is 1.22. The molecule has 1 heterocycles. The Morgan fingerprint density at radius 2 is 2.30 bits per heavy atom. The maximum Gasteiger partial charge on any atom is 0.0855 e. The summed E-state index contributed by atoms with van der Waals surface area (Å²) in [4.78, 5) is 0. The number of rotatable bonds is 1. The van der Waals surface area contributed by atoms with Crippen LogP contribution in [0.3, 0.4) is 0 Å². The molecule has 2 N–H and O–H groups in total. The van der Waals surface area contributed by atoms with Crippen molar-refractivity contribution in [3.8, 4) is 0 Å². The average molecular weight is 146 g/mol. The molecule has 0 aromatic carbocycles. The van der Waals surface area contributed by atoms with Gasteiger partial charge in [0.1, 0.15) is 0 Å². The van der Waals surface area contributed by atoms with E-state index >= 15 is 0 Å². The van der Waals surface area contributed by atoms with E-state index in [0.29, 0.717) is 13.0 Å². The Kier molecular flexibility index (Phi) is 2.65. The molecule has 1 saturated heterocycles. The first-order chi connectivity index (χ1) is 4.75. The van der Waals surface area contributed by atoms with Crippen molar-refractivity contribution in [2.24, 2.45) is 5.92 Å². The van der Waals surface area contributed by atoms with E-state index in [1.54, 1.807) is 0 Å². The molecule has 1 fully saturated rings. The van der Waals surface area contributed by atoms with E-state index in [0.717, 1.165) is 0 Å². The first-order valence-corrected chi connectivity index (χ1v) is 3.66.